The van der Waals surface area contributed by atoms with Crippen LogP contribution in [0, 0.1) is 0 Å². The van der Waals surface area contributed by atoms with E-state index in [9.17, 15) is 9.90 Å². The van der Waals surface area contributed by atoms with E-state index in [4.69, 9.17) is 4.74 Å². The van der Waals surface area contributed by atoms with E-state index in [1.165, 1.54) is 0 Å². The third-order valence-corrected chi connectivity index (χ3v) is 3.42. The van der Waals surface area contributed by atoms with Crippen molar-refractivity contribution in [2.45, 2.75) is 25.9 Å². The first-order valence-corrected chi connectivity index (χ1v) is 6.29. The molecular weight excluding hydrogens is 230 g/mol. The molecule has 1 aliphatic rings. The van der Waals surface area contributed by atoms with Crippen LogP contribution in [0.1, 0.15) is 30.6 Å². The molecule has 0 saturated carbocycles. The molecule has 0 spiro atoms. The minimum absolute atomic E-state index is 0.0296. The smallest absolute Gasteiger partial charge is 0.260 e. The molecule has 4 heteroatoms. The van der Waals surface area contributed by atoms with Crippen LogP contribution in [-0.4, -0.2) is 36.1 Å². The van der Waals surface area contributed by atoms with Crippen LogP contribution in [0.2, 0.25) is 0 Å². The summed E-state index contributed by atoms with van der Waals surface area (Å²) in [6.45, 7) is 2.67. The van der Waals surface area contributed by atoms with Crippen LogP contribution in [0.25, 0.3) is 0 Å². The van der Waals surface area contributed by atoms with Gasteiger partial charge in [0.25, 0.3) is 5.91 Å². The number of aryl methyl sites for hydroxylation is 1. The fourth-order valence-electron chi connectivity index (χ4n) is 2.09. The highest BCUT2D eigenvalue weighted by Crippen LogP contribution is 2.33. The van der Waals surface area contributed by atoms with Gasteiger partial charge in [0.2, 0.25) is 0 Å². The molecule has 1 unspecified atom stereocenters. The Morgan fingerprint density at radius 2 is 2.33 bits per heavy atom. The van der Waals surface area contributed by atoms with Gasteiger partial charge >= 0.3 is 0 Å². The van der Waals surface area contributed by atoms with Gasteiger partial charge in [0.1, 0.15) is 5.75 Å². The van der Waals surface area contributed by atoms with E-state index in [0.717, 1.165) is 24.0 Å². The zero-order valence-corrected chi connectivity index (χ0v) is 10.8. The Hall–Kier alpha value is -1.55. The Labute approximate surface area is 107 Å². The molecule has 0 heterocycles. The maximum Gasteiger partial charge on any atom is 0.260 e. The molecule has 0 bridgehead atoms. The number of carbonyl (C=O) groups excluding carboxylic acids is 1. The Bertz CT molecular complexity index is 445. The monoisotopic (exact) mass is 249 g/mol. The molecule has 1 aromatic carbocycles. The zero-order chi connectivity index (χ0) is 13.1. The highest BCUT2D eigenvalue weighted by molar-refractivity contribution is 5.77. The standard InChI is InChI=1S/C14H19NO3/c1-3-15(2)14(17)9-18-11-5-6-12-10(8-11)4-7-13(12)16/h5-6,8,13,16H,3-4,7,9H2,1-2H3. The third kappa shape index (κ3) is 2.64. The predicted octanol–water partition coefficient (Wildman–Crippen LogP) is 1.52. The summed E-state index contributed by atoms with van der Waals surface area (Å²) in [5.41, 5.74) is 2.11. The maximum atomic E-state index is 11.6. The van der Waals surface area contributed by atoms with Crippen molar-refractivity contribution in [1.82, 2.24) is 4.90 Å². The van der Waals surface area contributed by atoms with E-state index in [0.29, 0.717) is 12.3 Å². The maximum absolute atomic E-state index is 11.6. The molecule has 4 nitrogen and oxygen atoms in total. The van der Waals surface area contributed by atoms with Gasteiger partial charge in [0, 0.05) is 13.6 Å². The molecule has 1 amide bonds. The molecular formula is C14H19NO3. The quantitative estimate of drug-likeness (QED) is 0.880. The van der Waals surface area contributed by atoms with Crippen molar-refractivity contribution in [2.24, 2.45) is 0 Å². The molecule has 1 atom stereocenters. The van der Waals surface area contributed by atoms with Gasteiger partial charge in [0.15, 0.2) is 6.61 Å². The van der Waals surface area contributed by atoms with E-state index in [2.05, 4.69) is 0 Å². The van der Waals surface area contributed by atoms with Gasteiger partial charge in [-0.05, 0) is 43.0 Å². The Kier molecular flexibility index (Phi) is 3.87. The van der Waals surface area contributed by atoms with Crippen LogP contribution in [0.3, 0.4) is 0 Å². The lowest BCUT2D eigenvalue weighted by atomic mass is 10.1. The van der Waals surface area contributed by atoms with Crippen LogP contribution in [0.15, 0.2) is 18.2 Å². The van der Waals surface area contributed by atoms with Crippen LogP contribution >= 0.6 is 0 Å². The highest BCUT2D eigenvalue weighted by atomic mass is 16.5. The lowest BCUT2D eigenvalue weighted by Crippen LogP contribution is -2.31. The van der Waals surface area contributed by atoms with E-state index >= 15 is 0 Å². The molecule has 0 radical (unpaired) electrons. The lowest BCUT2D eigenvalue weighted by Gasteiger charge is -2.15. The summed E-state index contributed by atoms with van der Waals surface area (Å²) in [7, 11) is 1.75. The average molecular weight is 249 g/mol. The van der Waals surface area contributed by atoms with E-state index < -0.39 is 0 Å². The number of aliphatic hydroxyl groups is 1. The number of hydrogen-bond acceptors (Lipinski definition) is 3. The number of likely N-dealkylation sites (N-methyl/N-ethyl adjacent to an activating group) is 1. The molecule has 2 rings (SSSR count). The number of amides is 1. The summed E-state index contributed by atoms with van der Waals surface area (Å²) in [5.74, 6) is 0.665. The summed E-state index contributed by atoms with van der Waals surface area (Å²) >= 11 is 0. The molecule has 18 heavy (non-hydrogen) atoms. The third-order valence-electron chi connectivity index (χ3n) is 3.42. The first-order valence-electron chi connectivity index (χ1n) is 6.29. The molecule has 0 aliphatic heterocycles. The van der Waals surface area contributed by atoms with E-state index in [-0.39, 0.29) is 18.6 Å². The number of nitrogens with zero attached hydrogens (tertiary/aromatic N) is 1. The van der Waals surface area contributed by atoms with E-state index in [1.807, 2.05) is 25.1 Å². The average Bonchev–Trinajstić information content (AvgIpc) is 2.76. The van der Waals surface area contributed by atoms with Crippen molar-refractivity contribution in [3.05, 3.63) is 29.3 Å². The first kappa shape index (κ1) is 12.9. The molecule has 98 valence electrons. The van der Waals surface area contributed by atoms with Gasteiger partial charge in [-0.3, -0.25) is 4.79 Å². The second kappa shape index (κ2) is 5.40. The van der Waals surface area contributed by atoms with Crippen molar-refractivity contribution in [2.75, 3.05) is 20.2 Å². The Morgan fingerprint density at radius 3 is 3.06 bits per heavy atom. The summed E-state index contributed by atoms with van der Waals surface area (Å²) in [6, 6.07) is 5.62. The minimum Gasteiger partial charge on any atom is -0.484 e. The van der Waals surface area contributed by atoms with Gasteiger partial charge in [-0.2, -0.15) is 0 Å². The number of aliphatic hydroxyl groups excluding tert-OH is 1. The number of carbonyl (C=O) groups is 1. The normalized spacial score (nSPS) is 17.4. The van der Waals surface area contributed by atoms with Gasteiger partial charge in [-0.1, -0.05) is 6.07 Å². The molecule has 0 fully saturated rings. The minimum atomic E-state index is -0.345. The van der Waals surface area contributed by atoms with Crippen molar-refractivity contribution >= 4 is 5.91 Å². The van der Waals surface area contributed by atoms with Crippen LogP contribution in [0.5, 0.6) is 5.75 Å². The Balaban J connectivity index is 1.97. The number of fused-ring (bicyclic) bond motifs is 1. The van der Waals surface area contributed by atoms with Crippen LogP contribution in [-0.2, 0) is 11.2 Å². The SMILES string of the molecule is CCN(C)C(=O)COc1ccc2c(c1)CCC2O. The first-order chi connectivity index (χ1) is 8.61. The predicted molar refractivity (Wildman–Crippen MR) is 68.5 cm³/mol. The largest absolute Gasteiger partial charge is 0.484 e. The zero-order valence-electron chi connectivity index (χ0n) is 10.8. The Morgan fingerprint density at radius 1 is 1.56 bits per heavy atom. The van der Waals surface area contributed by atoms with E-state index in [1.54, 1.807) is 11.9 Å². The van der Waals surface area contributed by atoms with Crippen molar-refractivity contribution in [3.8, 4) is 5.75 Å². The van der Waals surface area contributed by atoms with Crippen molar-refractivity contribution in [3.63, 3.8) is 0 Å². The lowest BCUT2D eigenvalue weighted by molar-refractivity contribution is -0.131. The van der Waals surface area contributed by atoms with Gasteiger partial charge in [-0.25, -0.2) is 0 Å². The molecule has 1 N–H and O–H groups in total. The summed E-state index contributed by atoms with van der Waals surface area (Å²) < 4.78 is 5.48. The van der Waals surface area contributed by atoms with Gasteiger partial charge < -0.3 is 14.7 Å². The number of benzene rings is 1. The van der Waals surface area contributed by atoms with Gasteiger partial charge in [0.05, 0.1) is 6.10 Å². The number of ether oxygens (including phenoxy) is 1. The molecule has 0 saturated heterocycles. The van der Waals surface area contributed by atoms with Crippen LogP contribution < -0.4 is 4.74 Å². The fraction of sp³-hybridized carbons (Fsp3) is 0.500. The summed E-state index contributed by atoms with van der Waals surface area (Å²) in [5, 5.41) is 9.69. The number of rotatable bonds is 4. The molecule has 0 aromatic heterocycles. The van der Waals surface area contributed by atoms with Crippen molar-refractivity contribution < 1.29 is 14.6 Å². The molecule has 1 aromatic rings. The van der Waals surface area contributed by atoms with Crippen molar-refractivity contribution in [1.29, 1.82) is 0 Å². The van der Waals surface area contributed by atoms with Crippen LogP contribution in [0.4, 0.5) is 0 Å². The fourth-order valence-corrected chi connectivity index (χ4v) is 2.09. The highest BCUT2D eigenvalue weighted by Gasteiger charge is 2.20. The number of hydrogen-bond donors (Lipinski definition) is 1. The summed E-state index contributed by atoms with van der Waals surface area (Å²) in [6.07, 6.45) is 1.30. The molecule has 1 aliphatic carbocycles. The van der Waals surface area contributed by atoms with Gasteiger partial charge in [-0.15, -0.1) is 0 Å². The topological polar surface area (TPSA) is 49.8 Å². The second-order valence-corrected chi connectivity index (χ2v) is 4.61. The second-order valence-electron chi connectivity index (χ2n) is 4.61. The summed E-state index contributed by atoms with van der Waals surface area (Å²) in [4.78, 5) is 13.2.